The number of rotatable bonds is 11. The zero-order valence-electron chi connectivity index (χ0n) is 21.7. The molecule has 0 saturated heterocycles. The number of likely N-dealkylation sites (N-methyl/N-ethyl adjacent to an activating group) is 1. The summed E-state index contributed by atoms with van der Waals surface area (Å²) in [5, 5.41) is 13.4. The predicted octanol–water partition coefficient (Wildman–Crippen LogP) is 2.90. The van der Waals surface area contributed by atoms with Crippen LogP contribution in [0.15, 0.2) is 22.8 Å². The van der Waals surface area contributed by atoms with Crippen molar-refractivity contribution in [2.75, 3.05) is 27.2 Å². The first-order valence-corrected chi connectivity index (χ1v) is 12.0. The van der Waals surface area contributed by atoms with E-state index >= 15 is 0 Å². The molecule has 14 heteroatoms. The Balaban J connectivity index is 0.000000383. The van der Waals surface area contributed by atoms with Crippen molar-refractivity contribution in [1.29, 1.82) is 0 Å². The monoisotopic (exact) mass is 539 g/mol. The highest BCUT2D eigenvalue weighted by molar-refractivity contribution is 5.93. The number of alkyl halides is 3. The van der Waals surface area contributed by atoms with Gasteiger partial charge >= 0.3 is 6.18 Å². The molecule has 3 aromatic rings. The Labute approximate surface area is 217 Å². The highest BCUT2D eigenvalue weighted by Gasteiger charge is 2.47. The van der Waals surface area contributed by atoms with Gasteiger partial charge in [-0.3, -0.25) is 9.59 Å². The summed E-state index contributed by atoms with van der Waals surface area (Å²) in [5.41, 5.74) is 1.52. The number of nitrogens with zero attached hydrogens (tertiary/aromatic N) is 4. The number of carbonyl (C=O) groups excluding carboxylic acids is 2. The van der Waals surface area contributed by atoms with Crippen molar-refractivity contribution >= 4 is 23.4 Å². The second kappa shape index (κ2) is 12.3. The number of aromatic amines is 1. The number of benzene rings is 1. The van der Waals surface area contributed by atoms with Crippen LogP contribution in [-0.4, -0.2) is 76.5 Å². The quantitative estimate of drug-likeness (QED) is 0.316. The van der Waals surface area contributed by atoms with E-state index in [2.05, 4.69) is 35.7 Å². The van der Waals surface area contributed by atoms with Gasteiger partial charge in [0.1, 0.15) is 11.5 Å². The highest BCUT2D eigenvalue weighted by atomic mass is 19.4. The number of carbonyl (C=O) groups is 2. The van der Waals surface area contributed by atoms with E-state index in [1.54, 1.807) is 4.90 Å². The van der Waals surface area contributed by atoms with Crippen molar-refractivity contribution in [3.8, 4) is 0 Å². The summed E-state index contributed by atoms with van der Waals surface area (Å²) >= 11 is 0. The Morgan fingerprint density at radius 3 is 2.61 bits per heavy atom. The van der Waals surface area contributed by atoms with Crippen molar-refractivity contribution < 1.29 is 32.1 Å². The number of H-pyrrole nitrogens is 1. The van der Waals surface area contributed by atoms with Crippen LogP contribution in [0, 0.1) is 0 Å². The first kappa shape index (κ1) is 29.0. The molecule has 1 saturated carbocycles. The molecule has 1 aliphatic carbocycles. The van der Waals surface area contributed by atoms with Gasteiger partial charge in [-0.2, -0.15) is 13.2 Å². The Morgan fingerprint density at radius 2 is 2.03 bits per heavy atom. The molecule has 4 rings (SSSR count). The lowest BCUT2D eigenvalue weighted by Crippen LogP contribution is -2.40. The van der Waals surface area contributed by atoms with E-state index in [9.17, 15) is 22.8 Å². The molecule has 0 bridgehead atoms. The number of hydrogen-bond donors (Lipinski definition) is 3. The number of methoxy groups -OCH3 is 1. The summed E-state index contributed by atoms with van der Waals surface area (Å²) in [6.07, 6.45) is -1.40. The van der Waals surface area contributed by atoms with Gasteiger partial charge in [-0.1, -0.05) is 11.2 Å². The molecule has 11 nitrogen and oxygen atoms in total. The molecule has 0 atom stereocenters. The maximum absolute atomic E-state index is 12.4. The Bertz CT molecular complexity index is 1220. The third-order valence-electron chi connectivity index (χ3n) is 6.08. The van der Waals surface area contributed by atoms with Crippen molar-refractivity contribution in [3.05, 3.63) is 41.0 Å². The third-order valence-corrected chi connectivity index (χ3v) is 6.08. The van der Waals surface area contributed by atoms with Gasteiger partial charge in [0, 0.05) is 32.7 Å². The lowest BCUT2D eigenvalue weighted by molar-refractivity contribution is -0.255. The van der Waals surface area contributed by atoms with E-state index in [4.69, 9.17) is 4.63 Å². The van der Waals surface area contributed by atoms with Crippen LogP contribution in [0.2, 0.25) is 0 Å². The summed E-state index contributed by atoms with van der Waals surface area (Å²) in [4.78, 5) is 33.0. The first-order valence-electron chi connectivity index (χ1n) is 12.0. The molecule has 0 aliphatic heterocycles. The topological polar surface area (TPSA) is 138 Å². The van der Waals surface area contributed by atoms with Crippen molar-refractivity contribution in [2.24, 2.45) is 0 Å². The molecule has 208 valence electrons. The molecular weight excluding hydrogens is 507 g/mol. The van der Waals surface area contributed by atoms with Gasteiger partial charge in [0.15, 0.2) is 11.3 Å². The van der Waals surface area contributed by atoms with Crippen LogP contribution in [0.5, 0.6) is 0 Å². The van der Waals surface area contributed by atoms with Gasteiger partial charge in [0.2, 0.25) is 6.41 Å². The molecule has 2 heterocycles. The fourth-order valence-electron chi connectivity index (χ4n) is 3.29. The van der Waals surface area contributed by atoms with Gasteiger partial charge in [-0.05, 0) is 56.6 Å². The van der Waals surface area contributed by atoms with Crippen LogP contribution in [0.1, 0.15) is 60.2 Å². The second-order valence-electron chi connectivity index (χ2n) is 9.38. The SMILES string of the molecule is CNCCN(C=O)Cc1ccc2nc(CNC(=O)c3nonc3C3CC3)[nH]c2c1.COC(C)(C)C(F)(F)F. The number of amides is 2. The van der Waals surface area contributed by atoms with Crippen LogP contribution < -0.4 is 10.6 Å². The zero-order valence-corrected chi connectivity index (χ0v) is 21.7. The number of halogens is 3. The molecule has 0 radical (unpaired) electrons. The summed E-state index contributed by atoms with van der Waals surface area (Å²) in [6, 6.07) is 5.82. The standard InChI is InChI=1S/C19H23N7O3.C5H9F3O/c1-20-6-7-26(11-27)10-12-2-5-14-15(8-12)23-16(22-14)9-21-19(28)18-17(13-3-4-13)24-29-25-18;1-4(2,9-3)5(6,7)8/h2,5,8,11,13,20H,3-4,6-7,9-10H2,1H3,(H,21,28)(H,22,23);1-3H3. The number of fused-ring (bicyclic) bond motifs is 1. The average Bonchev–Trinajstić information content (AvgIpc) is 3.45. The van der Waals surface area contributed by atoms with Crippen molar-refractivity contribution in [2.45, 2.75) is 57.5 Å². The normalized spacial score (nSPS) is 13.7. The summed E-state index contributed by atoms with van der Waals surface area (Å²) < 4.78 is 44.0. The highest BCUT2D eigenvalue weighted by Crippen LogP contribution is 2.40. The maximum Gasteiger partial charge on any atom is 0.416 e. The van der Waals surface area contributed by atoms with E-state index in [1.807, 2.05) is 25.2 Å². The molecule has 3 N–H and O–H groups in total. The summed E-state index contributed by atoms with van der Waals surface area (Å²) in [5.74, 6) is 0.600. The van der Waals surface area contributed by atoms with Gasteiger partial charge in [0.05, 0.1) is 17.6 Å². The average molecular weight is 540 g/mol. The molecule has 0 unspecified atom stereocenters. The minimum atomic E-state index is -4.28. The largest absolute Gasteiger partial charge is 0.416 e. The van der Waals surface area contributed by atoms with Crippen LogP contribution in [0.4, 0.5) is 13.2 Å². The number of nitrogens with one attached hydrogen (secondary N) is 3. The van der Waals surface area contributed by atoms with Crippen LogP contribution >= 0.6 is 0 Å². The smallest absolute Gasteiger partial charge is 0.369 e. The Hall–Kier alpha value is -3.52. The first-order chi connectivity index (χ1) is 18.0. The zero-order chi connectivity index (χ0) is 27.9. The van der Waals surface area contributed by atoms with E-state index in [0.29, 0.717) is 24.6 Å². The fraction of sp³-hybridized carbons (Fsp3) is 0.542. The van der Waals surface area contributed by atoms with E-state index in [0.717, 1.165) is 63.4 Å². The Kier molecular flexibility index (Phi) is 9.44. The van der Waals surface area contributed by atoms with Crippen LogP contribution in [0.3, 0.4) is 0 Å². The minimum absolute atomic E-state index is 0.239. The molecule has 2 amide bonds. The number of aromatic nitrogens is 4. The predicted molar refractivity (Wildman–Crippen MR) is 131 cm³/mol. The van der Waals surface area contributed by atoms with E-state index in [-0.39, 0.29) is 24.1 Å². The fourth-order valence-corrected chi connectivity index (χ4v) is 3.29. The Morgan fingerprint density at radius 1 is 1.29 bits per heavy atom. The van der Waals surface area contributed by atoms with Gasteiger partial charge in [0.25, 0.3) is 5.91 Å². The van der Waals surface area contributed by atoms with E-state index < -0.39 is 11.8 Å². The number of imidazole rings is 1. The van der Waals surface area contributed by atoms with Crippen LogP contribution in [0.25, 0.3) is 11.0 Å². The lowest BCUT2D eigenvalue weighted by Gasteiger charge is -2.25. The summed E-state index contributed by atoms with van der Waals surface area (Å²) in [7, 11) is 2.89. The lowest BCUT2D eigenvalue weighted by atomic mass is 10.1. The van der Waals surface area contributed by atoms with Crippen LogP contribution in [-0.2, 0) is 22.6 Å². The van der Waals surface area contributed by atoms with E-state index in [1.165, 1.54) is 0 Å². The van der Waals surface area contributed by atoms with Crippen molar-refractivity contribution in [3.63, 3.8) is 0 Å². The molecule has 2 aromatic heterocycles. The van der Waals surface area contributed by atoms with Gasteiger partial charge in [-0.25, -0.2) is 9.61 Å². The molecule has 1 aromatic carbocycles. The molecule has 1 fully saturated rings. The van der Waals surface area contributed by atoms with Gasteiger partial charge in [-0.15, -0.1) is 0 Å². The van der Waals surface area contributed by atoms with Gasteiger partial charge < -0.3 is 25.3 Å². The maximum atomic E-state index is 12.4. The minimum Gasteiger partial charge on any atom is -0.369 e. The number of ether oxygens (including phenoxy) is 1. The summed E-state index contributed by atoms with van der Waals surface area (Å²) in [6.45, 7) is 4.09. The third kappa shape index (κ3) is 7.51. The number of hydrogen-bond acceptors (Lipinski definition) is 8. The molecule has 0 spiro atoms. The molecule has 38 heavy (non-hydrogen) atoms. The second-order valence-corrected chi connectivity index (χ2v) is 9.38. The molecular formula is C24H32F3N7O4. The van der Waals surface area contributed by atoms with Crippen molar-refractivity contribution in [1.82, 2.24) is 35.8 Å². The molecule has 1 aliphatic rings.